The Balaban J connectivity index is 1.62. The second-order valence-corrected chi connectivity index (χ2v) is 7.22. The fraction of sp³-hybridized carbons (Fsp3) is 0.450. The van der Waals surface area contributed by atoms with Crippen LogP contribution in [0.1, 0.15) is 23.3 Å². The first-order valence-corrected chi connectivity index (χ1v) is 9.07. The van der Waals surface area contributed by atoms with Crippen LogP contribution in [0, 0.1) is 11.3 Å². The Hall–Kier alpha value is -2.47. The summed E-state index contributed by atoms with van der Waals surface area (Å²) >= 11 is 0. The Labute approximate surface area is 152 Å². The molecule has 2 fully saturated rings. The van der Waals surface area contributed by atoms with Gasteiger partial charge in [0.15, 0.2) is 0 Å². The topological polar surface area (TPSA) is 71.5 Å². The first-order valence-electron chi connectivity index (χ1n) is 9.07. The summed E-state index contributed by atoms with van der Waals surface area (Å²) in [5, 5.41) is 3.78. The highest BCUT2D eigenvalue weighted by atomic mass is 16.5. The predicted octanol–water partition coefficient (Wildman–Crippen LogP) is 1.85. The summed E-state index contributed by atoms with van der Waals surface area (Å²) < 4.78 is 5.50. The number of nitrogens with zero attached hydrogens (tertiary/aromatic N) is 2. The van der Waals surface area contributed by atoms with Crippen LogP contribution in [0.2, 0.25) is 0 Å². The lowest BCUT2D eigenvalue weighted by Gasteiger charge is -2.36. The maximum absolute atomic E-state index is 13.1. The van der Waals surface area contributed by atoms with Gasteiger partial charge in [-0.05, 0) is 25.0 Å². The van der Waals surface area contributed by atoms with E-state index in [1.807, 2.05) is 30.3 Å². The summed E-state index contributed by atoms with van der Waals surface area (Å²) in [6.07, 6.45) is 1.61. The fourth-order valence-corrected chi connectivity index (χ4v) is 4.29. The Bertz CT molecular complexity index is 845. The molecule has 136 valence electrons. The molecule has 1 N–H and O–H groups in total. The van der Waals surface area contributed by atoms with E-state index in [4.69, 9.17) is 4.74 Å². The zero-order valence-corrected chi connectivity index (χ0v) is 14.9. The number of carbonyl (C=O) groups is 2. The second kappa shape index (κ2) is 6.68. The quantitative estimate of drug-likeness (QED) is 0.894. The summed E-state index contributed by atoms with van der Waals surface area (Å²) in [5.74, 6) is -0.289. The highest BCUT2D eigenvalue weighted by Gasteiger charge is 2.51. The standard InChI is InChI=1S/C20H23N3O3/c1-21-18(24)15-12-23(13-20(15)8-10-26-11-9-20)19(25)17-7-6-14-4-2-3-5-16(14)22-17/h2-7,15H,8-13H2,1H3,(H,21,24). The van der Waals surface area contributed by atoms with E-state index in [0.717, 1.165) is 23.7 Å². The third-order valence-corrected chi connectivity index (χ3v) is 5.80. The van der Waals surface area contributed by atoms with Crippen molar-refractivity contribution in [2.75, 3.05) is 33.4 Å². The lowest BCUT2D eigenvalue weighted by Crippen LogP contribution is -2.43. The molecule has 6 heteroatoms. The van der Waals surface area contributed by atoms with E-state index in [9.17, 15) is 9.59 Å². The summed E-state index contributed by atoms with van der Waals surface area (Å²) in [5.41, 5.74) is 1.05. The highest BCUT2D eigenvalue weighted by molar-refractivity contribution is 5.95. The van der Waals surface area contributed by atoms with Gasteiger partial charge in [-0.15, -0.1) is 0 Å². The van der Waals surface area contributed by atoms with E-state index >= 15 is 0 Å². The molecule has 0 aliphatic carbocycles. The number of pyridine rings is 1. The van der Waals surface area contributed by atoms with Crippen molar-refractivity contribution < 1.29 is 14.3 Å². The van der Waals surface area contributed by atoms with Crippen LogP contribution in [-0.2, 0) is 9.53 Å². The number of fused-ring (bicyclic) bond motifs is 1. The zero-order valence-electron chi connectivity index (χ0n) is 14.9. The molecule has 1 spiro atoms. The molecule has 26 heavy (non-hydrogen) atoms. The molecule has 1 unspecified atom stereocenters. The summed E-state index contributed by atoms with van der Waals surface area (Å²) in [4.78, 5) is 31.9. The van der Waals surface area contributed by atoms with Gasteiger partial charge >= 0.3 is 0 Å². The molecular formula is C20H23N3O3. The van der Waals surface area contributed by atoms with Gasteiger partial charge in [0.2, 0.25) is 5.91 Å². The molecule has 0 bridgehead atoms. The van der Waals surface area contributed by atoms with Gasteiger partial charge in [-0.25, -0.2) is 4.98 Å². The summed E-state index contributed by atoms with van der Waals surface area (Å²) in [7, 11) is 1.66. The Morgan fingerprint density at radius 3 is 2.73 bits per heavy atom. The lowest BCUT2D eigenvalue weighted by atomic mass is 9.72. The second-order valence-electron chi connectivity index (χ2n) is 7.22. The van der Waals surface area contributed by atoms with Crippen molar-refractivity contribution >= 4 is 22.7 Å². The molecule has 2 aliphatic heterocycles. The van der Waals surface area contributed by atoms with Crippen molar-refractivity contribution in [1.29, 1.82) is 0 Å². The third-order valence-electron chi connectivity index (χ3n) is 5.80. The fourth-order valence-electron chi connectivity index (χ4n) is 4.29. The van der Waals surface area contributed by atoms with E-state index < -0.39 is 0 Å². The van der Waals surface area contributed by atoms with Crippen LogP contribution in [-0.4, -0.2) is 55.0 Å². The predicted molar refractivity (Wildman–Crippen MR) is 97.7 cm³/mol. The third kappa shape index (κ3) is 2.84. The van der Waals surface area contributed by atoms with Gasteiger partial charge in [-0.1, -0.05) is 24.3 Å². The molecule has 2 saturated heterocycles. The minimum Gasteiger partial charge on any atom is -0.381 e. The van der Waals surface area contributed by atoms with Crippen molar-refractivity contribution in [3.63, 3.8) is 0 Å². The molecule has 2 aromatic rings. The molecule has 0 radical (unpaired) electrons. The van der Waals surface area contributed by atoms with Crippen LogP contribution < -0.4 is 5.32 Å². The molecule has 1 aromatic heterocycles. The maximum atomic E-state index is 13.1. The van der Waals surface area contributed by atoms with Crippen LogP contribution >= 0.6 is 0 Å². The number of hydrogen-bond acceptors (Lipinski definition) is 4. The van der Waals surface area contributed by atoms with Gasteiger partial charge in [-0.3, -0.25) is 9.59 Å². The Morgan fingerprint density at radius 2 is 1.96 bits per heavy atom. The van der Waals surface area contributed by atoms with Gasteiger partial charge in [-0.2, -0.15) is 0 Å². The van der Waals surface area contributed by atoms with Crippen molar-refractivity contribution in [2.24, 2.45) is 11.3 Å². The average molecular weight is 353 g/mol. The Morgan fingerprint density at radius 1 is 1.19 bits per heavy atom. The molecule has 6 nitrogen and oxygen atoms in total. The number of ether oxygens (including phenoxy) is 1. The molecule has 4 rings (SSSR count). The normalized spacial score (nSPS) is 21.9. The van der Waals surface area contributed by atoms with Crippen LogP contribution in [0.4, 0.5) is 0 Å². The number of benzene rings is 1. The van der Waals surface area contributed by atoms with Gasteiger partial charge < -0.3 is 15.0 Å². The molecule has 0 saturated carbocycles. The highest BCUT2D eigenvalue weighted by Crippen LogP contribution is 2.44. The van der Waals surface area contributed by atoms with Crippen molar-refractivity contribution in [2.45, 2.75) is 12.8 Å². The van der Waals surface area contributed by atoms with Crippen LogP contribution in [0.15, 0.2) is 36.4 Å². The number of amides is 2. The van der Waals surface area contributed by atoms with Crippen LogP contribution in [0.3, 0.4) is 0 Å². The molecule has 1 aromatic carbocycles. The minimum absolute atomic E-state index is 0.00803. The maximum Gasteiger partial charge on any atom is 0.272 e. The van der Waals surface area contributed by atoms with E-state index in [0.29, 0.717) is 32.0 Å². The molecule has 2 aliphatic rings. The van der Waals surface area contributed by atoms with Crippen LogP contribution in [0.5, 0.6) is 0 Å². The smallest absolute Gasteiger partial charge is 0.272 e. The van der Waals surface area contributed by atoms with E-state index in [1.165, 1.54) is 0 Å². The van der Waals surface area contributed by atoms with E-state index in [1.54, 1.807) is 18.0 Å². The number of aromatic nitrogens is 1. The number of likely N-dealkylation sites (tertiary alicyclic amines) is 1. The number of para-hydroxylation sites is 1. The van der Waals surface area contributed by atoms with Crippen molar-refractivity contribution in [1.82, 2.24) is 15.2 Å². The minimum atomic E-state index is -0.194. The zero-order chi connectivity index (χ0) is 18.1. The number of hydrogen-bond donors (Lipinski definition) is 1. The van der Waals surface area contributed by atoms with Gasteiger partial charge in [0.1, 0.15) is 5.69 Å². The molecule has 3 heterocycles. The average Bonchev–Trinajstić information content (AvgIpc) is 3.05. The Kier molecular flexibility index (Phi) is 4.36. The van der Waals surface area contributed by atoms with Gasteiger partial charge in [0.25, 0.3) is 5.91 Å². The summed E-state index contributed by atoms with van der Waals surface area (Å²) in [6, 6.07) is 11.4. The van der Waals surface area contributed by atoms with E-state index in [2.05, 4.69) is 10.3 Å². The lowest BCUT2D eigenvalue weighted by molar-refractivity contribution is -0.129. The van der Waals surface area contributed by atoms with Crippen molar-refractivity contribution in [3.8, 4) is 0 Å². The molecule has 1 atom stereocenters. The van der Waals surface area contributed by atoms with E-state index in [-0.39, 0.29) is 23.1 Å². The molecule has 2 amide bonds. The number of nitrogens with one attached hydrogen (secondary N) is 1. The van der Waals surface area contributed by atoms with Crippen molar-refractivity contribution in [3.05, 3.63) is 42.1 Å². The number of carbonyl (C=O) groups excluding carboxylic acids is 2. The monoisotopic (exact) mass is 353 g/mol. The molecular weight excluding hydrogens is 330 g/mol. The largest absolute Gasteiger partial charge is 0.381 e. The summed E-state index contributed by atoms with van der Waals surface area (Å²) in [6.45, 7) is 2.31. The van der Waals surface area contributed by atoms with Crippen LogP contribution in [0.25, 0.3) is 10.9 Å². The number of rotatable bonds is 2. The van der Waals surface area contributed by atoms with Gasteiger partial charge in [0, 0.05) is 44.2 Å². The first-order chi connectivity index (χ1) is 12.6. The first kappa shape index (κ1) is 17.0. The van der Waals surface area contributed by atoms with Gasteiger partial charge in [0.05, 0.1) is 11.4 Å². The SMILES string of the molecule is CNC(=O)C1CN(C(=O)c2ccc3ccccc3n2)CC12CCOCC2.